The molecule has 0 radical (unpaired) electrons. The fraction of sp³-hybridized carbons (Fsp3) is 0.526. The van der Waals surface area contributed by atoms with Crippen LogP contribution in [0.4, 0.5) is 0 Å². The average molecular weight is 355 g/mol. The Labute approximate surface area is 152 Å². The Bertz CT molecular complexity index is 791. The lowest BCUT2D eigenvalue weighted by atomic mass is 10.1. The number of nitrogens with zero attached hydrogens (tertiary/aromatic N) is 2. The van der Waals surface area contributed by atoms with E-state index < -0.39 is 0 Å². The molecule has 0 aromatic carbocycles. The van der Waals surface area contributed by atoms with E-state index in [4.69, 9.17) is 0 Å². The van der Waals surface area contributed by atoms with Crippen LogP contribution in [0.5, 0.6) is 0 Å². The van der Waals surface area contributed by atoms with Gasteiger partial charge in [0, 0.05) is 36.1 Å². The highest BCUT2D eigenvalue weighted by Gasteiger charge is 2.56. The van der Waals surface area contributed by atoms with Gasteiger partial charge >= 0.3 is 0 Å². The molecule has 0 bridgehead atoms. The number of amides is 2. The van der Waals surface area contributed by atoms with Crippen molar-refractivity contribution in [2.45, 2.75) is 51.6 Å². The zero-order valence-corrected chi connectivity index (χ0v) is 15.2. The first-order valence-electron chi connectivity index (χ1n) is 9.30. The van der Waals surface area contributed by atoms with Crippen molar-refractivity contribution < 1.29 is 9.59 Å². The molecule has 1 saturated carbocycles. The molecule has 1 aliphatic carbocycles. The molecule has 1 saturated heterocycles. The van der Waals surface area contributed by atoms with E-state index >= 15 is 0 Å². The molecule has 7 nitrogen and oxygen atoms in total. The van der Waals surface area contributed by atoms with E-state index in [1.165, 1.54) is 0 Å². The molecule has 4 rings (SSSR count). The van der Waals surface area contributed by atoms with Crippen molar-refractivity contribution in [2.24, 2.45) is 5.92 Å². The topological polar surface area (TPSA) is 93.9 Å². The fourth-order valence-electron chi connectivity index (χ4n) is 4.23. The standard InChI is InChI=1S/C19H25N5O2/c1-11-15(12(2)23-22-11)9-16(25)21-17-14-5-3-4-8-24(18(14)17)19(26)13-6-7-20-10-13/h6-7,10,14,17-18,20H,3-5,8-9H2,1-2H3,(H,21,25)(H,22,23). The largest absolute Gasteiger partial charge is 0.367 e. The number of carbonyl (C=O) groups excluding carboxylic acids is 2. The molecule has 1 aliphatic heterocycles. The summed E-state index contributed by atoms with van der Waals surface area (Å²) in [6, 6.07) is 2.00. The van der Waals surface area contributed by atoms with E-state index in [0.29, 0.717) is 17.9 Å². The van der Waals surface area contributed by atoms with Gasteiger partial charge in [0.1, 0.15) is 0 Å². The maximum Gasteiger partial charge on any atom is 0.255 e. The molecule has 2 fully saturated rings. The molecule has 2 aromatic heterocycles. The highest BCUT2D eigenvalue weighted by atomic mass is 16.2. The van der Waals surface area contributed by atoms with Gasteiger partial charge in [-0.15, -0.1) is 0 Å². The Hall–Kier alpha value is -2.57. The molecular weight excluding hydrogens is 330 g/mol. The quantitative estimate of drug-likeness (QED) is 0.779. The number of fused-ring (bicyclic) bond motifs is 1. The second-order valence-corrected chi connectivity index (χ2v) is 7.43. The minimum Gasteiger partial charge on any atom is -0.367 e. The summed E-state index contributed by atoms with van der Waals surface area (Å²) in [5.41, 5.74) is 3.45. The van der Waals surface area contributed by atoms with Crippen molar-refractivity contribution in [1.82, 2.24) is 25.4 Å². The van der Waals surface area contributed by atoms with Gasteiger partial charge in [-0.05, 0) is 32.8 Å². The molecule has 3 N–H and O–H groups in total. The van der Waals surface area contributed by atoms with Gasteiger partial charge in [0.2, 0.25) is 5.91 Å². The predicted molar refractivity (Wildman–Crippen MR) is 96.7 cm³/mol. The van der Waals surface area contributed by atoms with Crippen LogP contribution in [0.2, 0.25) is 0 Å². The van der Waals surface area contributed by atoms with E-state index in [-0.39, 0.29) is 23.9 Å². The first-order valence-corrected chi connectivity index (χ1v) is 9.30. The molecule has 2 aliphatic rings. The van der Waals surface area contributed by atoms with E-state index in [1.54, 1.807) is 12.4 Å². The smallest absolute Gasteiger partial charge is 0.255 e. The number of likely N-dealkylation sites (tertiary alicyclic amines) is 1. The van der Waals surface area contributed by atoms with E-state index in [2.05, 4.69) is 20.5 Å². The van der Waals surface area contributed by atoms with Crippen molar-refractivity contribution >= 4 is 11.8 Å². The minimum atomic E-state index is 0.00437. The van der Waals surface area contributed by atoms with Crippen LogP contribution in [0.15, 0.2) is 18.5 Å². The third-order valence-electron chi connectivity index (χ3n) is 5.72. The Morgan fingerprint density at radius 1 is 1.35 bits per heavy atom. The summed E-state index contributed by atoms with van der Waals surface area (Å²) in [6.07, 6.45) is 7.03. The summed E-state index contributed by atoms with van der Waals surface area (Å²) < 4.78 is 0. The van der Waals surface area contributed by atoms with Crippen LogP contribution in [0.3, 0.4) is 0 Å². The third kappa shape index (κ3) is 3.02. The molecule has 3 heterocycles. The number of aromatic amines is 2. The van der Waals surface area contributed by atoms with Crippen LogP contribution in [-0.2, 0) is 11.2 Å². The van der Waals surface area contributed by atoms with Crippen molar-refractivity contribution in [2.75, 3.05) is 6.54 Å². The zero-order valence-electron chi connectivity index (χ0n) is 15.2. The van der Waals surface area contributed by atoms with Crippen LogP contribution in [0, 0.1) is 19.8 Å². The summed E-state index contributed by atoms with van der Waals surface area (Å²) in [5, 5.41) is 10.2. The monoisotopic (exact) mass is 355 g/mol. The summed E-state index contributed by atoms with van der Waals surface area (Å²) in [7, 11) is 0. The number of aryl methyl sites for hydroxylation is 2. The second kappa shape index (κ2) is 6.63. The van der Waals surface area contributed by atoms with Gasteiger partial charge in [-0.25, -0.2) is 0 Å². The molecule has 138 valence electrons. The number of aromatic nitrogens is 3. The Balaban J connectivity index is 1.43. The first kappa shape index (κ1) is 16.9. The Kier molecular flexibility index (Phi) is 4.30. The lowest BCUT2D eigenvalue weighted by Gasteiger charge is -2.22. The van der Waals surface area contributed by atoms with E-state index in [9.17, 15) is 9.59 Å². The first-order chi connectivity index (χ1) is 12.6. The van der Waals surface area contributed by atoms with Crippen LogP contribution >= 0.6 is 0 Å². The summed E-state index contributed by atoms with van der Waals surface area (Å²) in [4.78, 5) is 30.3. The normalized spacial score (nSPS) is 24.7. The maximum atomic E-state index is 12.8. The number of nitrogens with one attached hydrogen (secondary N) is 3. The molecular formula is C19H25N5O2. The number of hydrogen-bond acceptors (Lipinski definition) is 3. The van der Waals surface area contributed by atoms with Gasteiger partial charge in [0.15, 0.2) is 0 Å². The summed E-state index contributed by atoms with van der Waals surface area (Å²) in [6.45, 7) is 4.60. The van der Waals surface area contributed by atoms with Gasteiger partial charge in [-0.3, -0.25) is 14.7 Å². The van der Waals surface area contributed by atoms with Crippen LogP contribution in [0.1, 0.15) is 46.6 Å². The van der Waals surface area contributed by atoms with Gasteiger partial charge in [0.05, 0.1) is 29.8 Å². The Morgan fingerprint density at radius 3 is 2.88 bits per heavy atom. The molecule has 3 atom stereocenters. The highest BCUT2D eigenvalue weighted by molar-refractivity contribution is 5.94. The molecule has 2 aromatic rings. The van der Waals surface area contributed by atoms with Crippen molar-refractivity contribution in [3.8, 4) is 0 Å². The van der Waals surface area contributed by atoms with Crippen LogP contribution < -0.4 is 5.32 Å². The number of H-pyrrole nitrogens is 2. The van der Waals surface area contributed by atoms with E-state index in [1.807, 2.05) is 24.8 Å². The van der Waals surface area contributed by atoms with Crippen molar-refractivity contribution in [1.29, 1.82) is 0 Å². The lowest BCUT2D eigenvalue weighted by Crippen LogP contribution is -2.39. The fourth-order valence-corrected chi connectivity index (χ4v) is 4.23. The zero-order chi connectivity index (χ0) is 18.3. The summed E-state index contributed by atoms with van der Waals surface area (Å²) in [5.74, 6) is 0.432. The highest BCUT2D eigenvalue weighted by Crippen LogP contribution is 2.43. The van der Waals surface area contributed by atoms with Gasteiger partial charge in [0.25, 0.3) is 5.91 Å². The Morgan fingerprint density at radius 2 is 2.19 bits per heavy atom. The molecule has 3 unspecified atom stereocenters. The van der Waals surface area contributed by atoms with E-state index in [0.717, 1.165) is 42.8 Å². The average Bonchev–Trinajstić information content (AvgIpc) is 2.90. The number of carbonyl (C=O) groups is 2. The predicted octanol–water partition coefficient (Wildman–Crippen LogP) is 1.71. The summed E-state index contributed by atoms with van der Waals surface area (Å²) >= 11 is 0. The lowest BCUT2D eigenvalue weighted by molar-refractivity contribution is -0.120. The van der Waals surface area contributed by atoms with Crippen molar-refractivity contribution in [3.05, 3.63) is 41.0 Å². The molecule has 7 heteroatoms. The van der Waals surface area contributed by atoms with Gasteiger partial charge < -0.3 is 15.2 Å². The number of hydrogen-bond donors (Lipinski definition) is 3. The van der Waals surface area contributed by atoms with Gasteiger partial charge in [-0.2, -0.15) is 5.10 Å². The van der Waals surface area contributed by atoms with Gasteiger partial charge in [-0.1, -0.05) is 6.42 Å². The molecule has 26 heavy (non-hydrogen) atoms. The SMILES string of the molecule is Cc1n[nH]c(C)c1CC(=O)NC1C2CCCCN(C(=O)c3cc[nH]c3)C21. The van der Waals surface area contributed by atoms with Crippen LogP contribution in [-0.4, -0.2) is 50.5 Å². The molecule has 0 spiro atoms. The van der Waals surface area contributed by atoms with Crippen molar-refractivity contribution in [3.63, 3.8) is 0 Å². The third-order valence-corrected chi connectivity index (χ3v) is 5.72. The minimum absolute atomic E-state index is 0.00437. The maximum absolute atomic E-state index is 12.8. The second-order valence-electron chi connectivity index (χ2n) is 7.43. The van der Waals surface area contributed by atoms with Crippen LogP contribution in [0.25, 0.3) is 0 Å². The molecule has 2 amide bonds. The number of rotatable bonds is 4.